The van der Waals surface area contributed by atoms with E-state index in [0.717, 1.165) is 55.9 Å². The maximum absolute atomic E-state index is 14.1. The summed E-state index contributed by atoms with van der Waals surface area (Å²) in [5, 5.41) is 0.741. The number of halogens is 1. The predicted molar refractivity (Wildman–Crippen MR) is 191 cm³/mol. The number of carbonyl (C=O) groups is 2. The molecule has 1 fully saturated rings. The lowest BCUT2D eigenvalue weighted by atomic mass is 9.68. The van der Waals surface area contributed by atoms with Crippen molar-refractivity contribution in [2.24, 2.45) is 21.6 Å². The lowest BCUT2D eigenvalue weighted by molar-refractivity contribution is -0.114. The van der Waals surface area contributed by atoms with Crippen molar-refractivity contribution in [1.82, 2.24) is 4.72 Å². The Labute approximate surface area is 290 Å². The van der Waals surface area contributed by atoms with Crippen molar-refractivity contribution in [2.45, 2.75) is 77.2 Å². The molecule has 0 aromatic heterocycles. The fourth-order valence-electron chi connectivity index (χ4n) is 7.53. The van der Waals surface area contributed by atoms with Crippen LogP contribution < -0.4 is 14.4 Å². The Morgan fingerprint density at radius 2 is 2.02 bits per heavy atom. The third kappa shape index (κ3) is 7.61. The second-order valence-electron chi connectivity index (χ2n) is 14.7. The normalized spacial score (nSPS) is 29.4. The number of nitrogens with one attached hydrogen (secondary N) is 1. The summed E-state index contributed by atoms with van der Waals surface area (Å²) >= 11 is 6.44. The lowest BCUT2D eigenvalue weighted by Crippen LogP contribution is -2.49. The minimum absolute atomic E-state index is 0.0157. The molecule has 1 saturated carbocycles. The first-order chi connectivity index (χ1) is 22.9. The number of methoxy groups -OCH3 is 1. The Bertz CT molecular complexity index is 1800. The summed E-state index contributed by atoms with van der Waals surface area (Å²) in [5.41, 5.74) is 2.99. The molecule has 2 aromatic carbocycles. The number of hydrogen-bond acceptors (Lipinski definition) is 6. The monoisotopic (exact) mass is 691 g/mol. The van der Waals surface area contributed by atoms with Crippen molar-refractivity contribution in [3.63, 3.8) is 0 Å². The molecule has 2 heterocycles. The molecule has 48 heavy (non-hydrogen) atoms. The Morgan fingerprint density at radius 3 is 2.77 bits per heavy atom. The molecule has 2 bridgehead atoms. The molecule has 6 rings (SSSR count). The maximum atomic E-state index is 14.1. The van der Waals surface area contributed by atoms with Gasteiger partial charge in [-0.05, 0) is 125 Å². The van der Waals surface area contributed by atoms with Gasteiger partial charge < -0.3 is 14.4 Å². The number of amides is 2. The molecule has 1 unspecified atom stereocenters. The average molecular weight is 692 g/mol. The number of hydrogen-bond donors (Lipinski definition) is 1. The van der Waals surface area contributed by atoms with Gasteiger partial charge in [0.25, 0.3) is 5.91 Å². The number of nitrogens with zero attached hydrogens (tertiary/aromatic N) is 2. The molecule has 0 saturated heterocycles. The van der Waals surface area contributed by atoms with Gasteiger partial charge >= 0.3 is 5.91 Å². The quantitative estimate of drug-likeness (QED) is 0.272. The largest absolute Gasteiger partial charge is 0.490 e. The molecule has 2 amide bonds. The second-order valence-corrected chi connectivity index (χ2v) is 17.2. The number of ether oxygens (including phenoxy) is 2. The van der Waals surface area contributed by atoms with E-state index in [2.05, 4.69) is 50.1 Å². The highest BCUT2D eigenvalue weighted by atomic mass is 35.5. The highest BCUT2D eigenvalue weighted by Gasteiger charge is 2.44. The summed E-state index contributed by atoms with van der Waals surface area (Å²) in [6, 6.07) is 11.5. The van der Waals surface area contributed by atoms with Crippen LogP contribution in [-0.2, 0) is 31.3 Å². The Hall–Kier alpha value is -3.32. The predicted octanol–water partition coefficient (Wildman–Crippen LogP) is 6.89. The van der Waals surface area contributed by atoms with E-state index < -0.39 is 27.1 Å². The van der Waals surface area contributed by atoms with Crippen LogP contribution in [0, 0.1) is 29.1 Å². The van der Waals surface area contributed by atoms with Crippen LogP contribution in [0.3, 0.4) is 0 Å². The first-order valence-corrected chi connectivity index (χ1v) is 19.1. The number of rotatable bonds is 2. The summed E-state index contributed by atoms with van der Waals surface area (Å²) in [5.74, 6) is 5.50. The first-order valence-electron chi connectivity index (χ1n) is 17.0. The highest BCUT2D eigenvalue weighted by Crippen LogP contribution is 2.47. The zero-order chi connectivity index (χ0) is 34.1. The number of aryl methyl sites for hydroxylation is 1. The van der Waals surface area contributed by atoms with E-state index >= 15 is 0 Å². The van der Waals surface area contributed by atoms with E-state index in [4.69, 9.17) is 21.1 Å². The van der Waals surface area contributed by atoms with E-state index in [1.165, 1.54) is 11.1 Å². The molecule has 0 radical (unpaired) electrons. The van der Waals surface area contributed by atoms with Crippen molar-refractivity contribution in [1.29, 1.82) is 0 Å². The van der Waals surface area contributed by atoms with Crippen LogP contribution in [0.4, 0.5) is 5.69 Å². The minimum Gasteiger partial charge on any atom is -0.490 e. The van der Waals surface area contributed by atoms with E-state index in [1.54, 1.807) is 13.2 Å². The van der Waals surface area contributed by atoms with Crippen molar-refractivity contribution in [3.05, 3.63) is 70.3 Å². The van der Waals surface area contributed by atoms with E-state index in [-0.39, 0.29) is 17.3 Å². The summed E-state index contributed by atoms with van der Waals surface area (Å²) in [4.78, 5) is 28.9. The van der Waals surface area contributed by atoms with Gasteiger partial charge in [-0.3, -0.25) is 14.3 Å². The summed E-state index contributed by atoms with van der Waals surface area (Å²) < 4.78 is 33.4. The van der Waals surface area contributed by atoms with Crippen LogP contribution in [0.1, 0.15) is 80.8 Å². The van der Waals surface area contributed by atoms with Gasteiger partial charge in [0.1, 0.15) is 15.7 Å². The smallest absolute Gasteiger partial charge is 0.308 e. The Morgan fingerprint density at radius 1 is 1.19 bits per heavy atom. The van der Waals surface area contributed by atoms with Gasteiger partial charge in [0, 0.05) is 41.6 Å². The first kappa shape index (κ1) is 34.5. The minimum atomic E-state index is -3.46. The van der Waals surface area contributed by atoms with Gasteiger partial charge in [0.15, 0.2) is 0 Å². The van der Waals surface area contributed by atoms with Gasteiger partial charge in [-0.2, -0.15) is 0 Å². The molecule has 1 N–H and O–H groups in total. The Balaban J connectivity index is 1.41. The molecule has 5 atom stereocenters. The zero-order valence-corrected chi connectivity index (χ0v) is 29.9. The number of carbonyl (C=O) groups excluding carboxylic acids is 2. The standard InChI is InChI=1S/C38H46ClN3O5S/c1-37(2,3)19-17-35(43)40-48(45)20-7-5-6-10-33(46-4)30-14-11-28(30)23-42-24-38(18-8-9-26-21-29(39)13-15-31(26)38)25-47-34-16-12-27(22-32(34)42)36(44)41-48/h6,10,12-13,15-16,21-22,28,30,33H,5,7-9,11,14,18,20,23-25H2,1-4H3,(H,40,41,43,44,45)/b10-6+/t28-,30+,33-,38-,48?/m0/s1. The maximum Gasteiger partial charge on any atom is 0.308 e. The highest BCUT2D eigenvalue weighted by molar-refractivity contribution is 7.92. The number of benzene rings is 2. The molecule has 10 heteroatoms. The third-order valence-electron chi connectivity index (χ3n) is 10.1. The van der Waals surface area contributed by atoms with Crippen LogP contribution in [0.5, 0.6) is 5.75 Å². The molecule has 256 valence electrons. The molecule has 2 aliphatic heterocycles. The van der Waals surface area contributed by atoms with Crippen LogP contribution in [0.2, 0.25) is 5.02 Å². The zero-order valence-electron chi connectivity index (χ0n) is 28.4. The van der Waals surface area contributed by atoms with Gasteiger partial charge in [0.2, 0.25) is 0 Å². The molecular formula is C38H46ClN3O5S. The van der Waals surface area contributed by atoms with Crippen LogP contribution in [0.15, 0.2) is 52.9 Å². The van der Waals surface area contributed by atoms with Crippen LogP contribution in [-0.4, -0.2) is 54.7 Å². The fourth-order valence-corrected chi connectivity index (χ4v) is 9.23. The number of allylic oxidation sites excluding steroid dienone is 1. The Kier molecular flexibility index (Phi) is 10.00. The van der Waals surface area contributed by atoms with Crippen molar-refractivity contribution in [2.75, 3.05) is 37.5 Å². The van der Waals surface area contributed by atoms with Crippen molar-refractivity contribution < 1.29 is 23.3 Å². The van der Waals surface area contributed by atoms with Gasteiger partial charge in [-0.1, -0.05) is 35.7 Å². The van der Waals surface area contributed by atoms with Crippen LogP contribution >= 0.6 is 11.6 Å². The van der Waals surface area contributed by atoms with Gasteiger partial charge in [-0.25, -0.2) is 4.21 Å². The molecule has 2 aromatic rings. The average Bonchev–Trinajstić information content (AvgIpc) is 3.17. The molecule has 1 spiro atoms. The topological polar surface area (TPSA) is 97.3 Å². The second kappa shape index (κ2) is 13.9. The van der Waals surface area contributed by atoms with Crippen LogP contribution in [0.25, 0.3) is 0 Å². The van der Waals surface area contributed by atoms with E-state index in [1.807, 2.05) is 39.0 Å². The molecule has 4 aliphatic rings. The third-order valence-corrected chi connectivity index (χ3v) is 12.1. The summed E-state index contributed by atoms with van der Waals surface area (Å²) in [6.45, 7) is 7.67. The summed E-state index contributed by atoms with van der Waals surface area (Å²) in [7, 11) is -1.70. The van der Waals surface area contributed by atoms with Gasteiger partial charge in [0.05, 0.1) is 24.2 Å². The number of anilines is 1. The summed E-state index contributed by atoms with van der Waals surface area (Å²) in [6.07, 6.45) is 10.4. The van der Waals surface area contributed by atoms with E-state index in [9.17, 15) is 13.8 Å². The molecular weight excluding hydrogens is 646 g/mol. The molecule has 8 nitrogen and oxygen atoms in total. The van der Waals surface area contributed by atoms with Crippen molar-refractivity contribution >= 4 is 39.0 Å². The van der Waals surface area contributed by atoms with E-state index in [0.29, 0.717) is 42.6 Å². The lowest BCUT2D eigenvalue weighted by Gasteiger charge is -2.46. The van der Waals surface area contributed by atoms with Gasteiger partial charge in [-0.15, -0.1) is 4.36 Å². The SMILES string of the molecule is CO[C@H]1/C=C/CCCS(=O)(NC(=O)C#CC(C)(C)C)=NC(=O)c2ccc3c(c2)N(C[C@@H]2CC[C@H]21)C[C@@]1(CCCc2cc(Cl)ccc21)CO3. The fraction of sp³-hybridized carbons (Fsp3) is 0.526. The number of fused-ring (bicyclic) bond motifs is 4. The molecule has 2 aliphatic carbocycles. The van der Waals surface area contributed by atoms with Crippen molar-refractivity contribution in [3.8, 4) is 17.6 Å².